The van der Waals surface area contributed by atoms with E-state index >= 15 is 0 Å². The Hall–Kier alpha value is -2.90. The molecule has 2 aromatic rings. The van der Waals surface area contributed by atoms with Gasteiger partial charge in [0.2, 0.25) is 0 Å². The van der Waals surface area contributed by atoms with Crippen LogP contribution in [0.3, 0.4) is 0 Å². The highest BCUT2D eigenvalue weighted by Gasteiger charge is 2.02. The number of nitrogens with zero attached hydrogens (tertiary/aromatic N) is 3. The average molecular weight is 275 g/mol. The molecule has 8 nitrogen and oxygen atoms in total. The van der Waals surface area contributed by atoms with Crippen LogP contribution < -0.4 is 20.6 Å². The van der Waals surface area contributed by atoms with Gasteiger partial charge in [-0.3, -0.25) is 5.43 Å². The number of H-pyrrole nitrogens is 1. The number of hydrogen-bond acceptors (Lipinski definition) is 7. The number of rotatable bonds is 5. The lowest BCUT2D eigenvalue weighted by atomic mass is 10.2. The van der Waals surface area contributed by atoms with E-state index in [-0.39, 0.29) is 5.82 Å². The second kappa shape index (κ2) is 6.32. The number of benzene rings is 1. The van der Waals surface area contributed by atoms with Gasteiger partial charge in [-0.15, -0.1) is 0 Å². The molecule has 0 aliphatic heterocycles. The van der Waals surface area contributed by atoms with Gasteiger partial charge < -0.3 is 9.47 Å². The maximum Gasteiger partial charge on any atom is 0.363 e. The van der Waals surface area contributed by atoms with Crippen molar-refractivity contribution in [1.29, 1.82) is 0 Å². The van der Waals surface area contributed by atoms with Crippen LogP contribution >= 0.6 is 0 Å². The second-order valence-electron chi connectivity index (χ2n) is 3.65. The third kappa shape index (κ3) is 3.31. The largest absolute Gasteiger partial charge is 0.497 e. The summed E-state index contributed by atoms with van der Waals surface area (Å²) in [4.78, 5) is 14.6. The van der Waals surface area contributed by atoms with Crippen LogP contribution in [0.15, 0.2) is 34.3 Å². The van der Waals surface area contributed by atoms with E-state index < -0.39 is 5.69 Å². The van der Waals surface area contributed by atoms with Crippen LogP contribution in [0.2, 0.25) is 0 Å². The predicted molar refractivity (Wildman–Crippen MR) is 73.4 cm³/mol. The van der Waals surface area contributed by atoms with Crippen LogP contribution in [0.1, 0.15) is 5.56 Å². The summed E-state index contributed by atoms with van der Waals surface area (Å²) < 4.78 is 10.3. The summed E-state index contributed by atoms with van der Waals surface area (Å²) in [7, 11) is 3.14. The Bertz CT molecular complexity index is 668. The van der Waals surface area contributed by atoms with Gasteiger partial charge in [0.15, 0.2) is 5.82 Å². The highest BCUT2D eigenvalue weighted by Crippen LogP contribution is 2.22. The molecule has 0 spiro atoms. The molecule has 104 valence electrons. The average Bonchev–Trinajstić information content (AvgIpc) is 2.47. The fraction of sp³-hybridized carbons (Fsp3) is 0.167. The van der Waals surface area contributed by atoms with Crippen molar-refractivity contribution in [3.05, 3.63) is 40.4 Å². The first-order chi connectivity index (χ1) is 9.72. The number of ether oxygens (including phenoxy) is 2. The molecule has 2 rings (SSSR count). The Morgan fingerprint density at radius 1 is 1.35 bits per heavy atom. The van der Waals surface area contributed by atoms with Crippen molar-refractivity contribution >= 4 is 12.0 Å². The van der Waals surface area contributed by atoms with Crippen molar-refractivity contribution < 1.29 is 9.47 Å². The Morgan fingerprint density at radius 3 is 2.90 bits per heavy atom. The van der Waals surface area contributed by atoms with Crippen LogP contribution in [0.5, 0.6) is 11.5 Å². The SMILES string of the molecule is COc1ccc(OC)c(/C=N/Nc2cn[nH]c(=O)n2)c1. The van der Waals surface area contributed by atoms with Gasteiger partial charge in [0.05, 0.1) is 26.6 Å². The lowest BCUT2D eigenvalue weighted by Gasteiger charge is -2.06. The molecular formula is C12H13N5O3. The van der Waals surface area contributed by atoms with Crippen molar-refractivity contribution in [3.8, 4) is 11.5 Å². The van der Waals surface area contributed by atoms with Gasteiger partial charge in [-0.25, -0.2) is 9.89 Å². The topological polar surface area (TPSA) is 101 Å². The molecule has 1 aromatic carbocycles. The van der Waals surface area contributed by atoms with Crippen molar-refractivity contribution in [3.63, 3.8) is 0 Å². The quantitative estimate of drug-likeness (QED) is 0.613. The number of nitrogens with one attached hydrogen (secondary N) is 2. The predicted octanol–water partition coefficient (Wildman–Crippen LogP) is 0.628. The lowest BCUT2D eigenvalue weighted by Crippen LogP contribution is -2.13. The van der Waals surface area contributed by atoms with E-state index in [0.717, 1.165) is 5.56 Å². The third-order valence-electron chi connectivity index (χ3n) is 2.39. The minimum Gasteiger partial charge on any atom is -0.497 e. The standard InChI is InChI=1S/C12H13N5O3/c1-19-9-3-4-10(20-2)8(5-9)6-13-16-11-7-14-17-12(18)15-11/h3-7H,1-2H3,(H2,15,16,17,18)/b13-6+. The van der Waals surface area contributed by atoms with Gasteiger partial charge in [-0.2, -0.15) is 15.2 Å². The number of methoxy groups -OCH3 is 2. The Morgan fingerprint density at radius 2 is 2.20 bits per heavy atom. The molecule has 0 saturated heterocycles. The van der Waals surface area contributed by atoms with E-state index in [9.17, 15) is 4.79 Å². The molecule has 1 heterocycles. The third-order valence-corrected chi connectivity index (χ3v) is 2.39. The van der Waals surface area contributed by atoms with Gasteiger partial charge in [0, 0.05) is 5.56 Å². The maximum absolute atomic E-state index is 10.9. The Labute approximate surface area is 114 Å². The Balaban J connectivity index is 2.16. The monoisotopic (exact) mass is 275 g/mol. The Kier molecular flexibility index (Phi) is 4.28. The zero-order chi connectivity index (χ0) is 14.4. The number of hydrazone groups is 1. The highest BCUT2D eigenvalue weighted by molar-refractivity contribution is 5.84. The summed E-state index contributed by atoms with van der Waals surface area (Å²) in [5, 5.41) is 9.73. The van der Waals surface area contributed by atoms with E-state index in [4.69, 9.17) is 9.47 Å². The van der Waals surface area contributed by atoms with Crippen molar-refractivity contribution in [1.82, 2.24) is 15.2 Å². The van der Waals surface area contributed by atoms with Crippen molar-refractivity contribution in [2.75, 3.05) is 19.6 Å². The summed E-state index contributed by atoms with van der Waals surface area (Å²) in [5.74, 6) is 1.57. The van der Waals surface area contributed by atoms with Gasteiger partial charge >= 0.3 is 5.69 Å². The summed E-state index contributed by atoms with van der Waals surface area (Å²) in [6.45, 7) is 0. The molecule has 0 amide bonds. The molecule has 0 aliphatic carbocycles. The zero-order valence-electron chi connectivity index (χ0n) is 11.0. The van der Waals surface area contributed by atoms with E-state index in [2.05, 4.69) is 25.7 Å². The molecule has 0 saturated carbocycles. The molecule has 0 fully saturated rings. The normalized spacial score (nSPS) is 10.5. The van der Waals surface area contributed by atoms with Gasteiger partial charge in [-0.05, 0) is 18.2 Å². The summed E-state index contributed by atoms with van der Waals surface area (Å²) in [6.07, 6.45) is 2.88. The van der Waals surface area contributed by atoms with E-state index in [0.29, 0.717) is 11.5 Å². The van der Waals surface area contributed by atoms with E-state index in [1.165, 1.54) is 12.4 Å². The van der Waals surface area contributed by atoms with Crippen molar-refractivity contribution in [2.45, 2.75) is 0 Å². The molecule has 2 N–H and O–H groups in total. The summed E-state index contributed by atoms with van der Waals surface area (Å²) >= 11 is 0. The van der Waals surface area contributed by atoms with E-state index in [1.54, 1.807) is 32.4 Å². The first-order valence-corrected chi connectivity index (χ1v) is 5.66. The summed E-state index contributed by atoms with van der Waals surface area (Å²) in [6, 6.07) is 5.33. The van der Waals surface area contributed by atoms with Crippen molar-refractivity contribution in [2.24, 2.45) is 5.10 Å². The lowest BCUT2D eigenvalue weighted by molar-refractivity contribution is 0.402. The van der Waals surface area contributed by atoms with E-state index in [1.807, 2.05) is 0 Å². The minimum atomic E-state index is -0.552. The molecular weight excluding hydrogens is 262 g/mol. The number of anilines is 1. The maximum atomic E-state index is 10.9. The summed E-state index contributed by atoms with van der Waals surface area (Å²) in [5.41, 5.74) is 2.77. The molecule has 0 bridgehead atoms. The van der Waals surface area contributed by atoms with Crippen LogP contribution in [0.25, 0.3) is 0 Å². The van der Waals surface area contributed by atoms with Gasteiger partial charge in [0.1, 0.15) is 11.5 Å². The second-order valence-corrected chi connectivity index (χ2v) is 3.65. The molecule has 0 radical (unpaired) electrons. The molecule has 0 aliphatic rings. The number of aromatic amines is 1. The molecule has 8 heteroatoms. The first kappa shape index (κ1) is 13.5. The van der Waals surface area contributed by atoms with Gasteiger partial charge in [0.25, 0.3) is 0 Å². The first-order valence-electron chi connectivity index (χ1n) is 5.66. The van der Waals surface area contributed by atoms with Crippen LogP contribution in [0, 0.1) is 0 Å². The van der Waals surface area contributed by atoms with Crippen LogP contribution in [0.4, 0.5) is 5.82 Å². The molecule has 1 aromatic heterocycles. The minimum absolute atomic E-state index is 0.242. The smallest absolute Gasteiger partial charge is 0.363 e. The number of aromatic nitrogens is 3. The highest BCUT2D eigenvalue weighted by atomic mass is 16.5. The van der Waals surface area contributed by atoms with Gasteiger partial charge in [-0.1, -0.05) is 0 Å². The molecule has 20 heavy (non-hydrogen) atoms. The number of hydrogen-bond donors (Lipinski definition) is 2. The fourth-order valence-electron chi connectivity index (χ4n) is 1.47. The van der Waals surface area contributed by atoms with Crippen LogP contribution in [-0.2, 0) is 0 Å². The van der Waals surface area contributed by atoms with Crippen LogP contribution in [-0.4, -0.2) is 35.6 Å². The molecule has 0 unspecified atom stereocenters. The molecule has 0 atom stereocenters. The zero-order valence-corrected chi connectivity index (χ0v) is 11.0. The fourth-order valence-corrected chi connectivity index (χ4v) is 1.47.